The first-order chi connectivity index (χ1) is 11.8. The van der Waals surface area contributed by atoms with Crippen molar-refractivity contribution >= 4 is 40.3 Å². The van der Waals surface area contributed by atoms with Crippen LogP contribution in [0.4, 0.5) is 17.1 Å². The van der Waals surface area contributed by atoms with Gasteiger partial charge in [-0.2, -0.15) is 0 Å². The van der Waals surface area contributed by atoms with Crippen LogP contribution in [-0.4, -0.2) is 26.0 Å². The lowest BCUT2D eigenvalue weighted by molar-refractivity contribution is -0.385. The van der Waals surface area contributed by atoms with E-state index in [0.717, 1.165) is 12.1 Å². The van der Waals surface area contributed by atoms with E-state index in [-0.39, 0.29) is 27.7 Å². The van der Waals surface area contributed by atoms with E-state index < -0.39 is 21.5 Å². The second-order valence-electron chi connectivity index (χ2n) is 4.67. The largest absolute Gasteiger partial charge is 0.506 e. The number of carbonyl (C=O) groups is 1. The number of nitrogens with one attached hydrogen (secondary N) is 2. The van der Waals surface area contributed by atoms with Crippen LogP contribution < -0.4 is 10.6 Å². The van der Waals surface area contributed by atoms with Gasteiger partial charge in [0.2, 0.25) is 0 Å². The van der Waals surface area contributed by atoms with Crippen molar-refractivity contribution < 1.29 is 19.7 Å². The Morgan fingerprint density at radius 3 is 2.08 bits per heavy atom. The molecule has 0 spiro atoms. The van der Waals surface area contributed by atoms with E-state index in [1.165, 1.54) is 30.3 Å². The number of hydrogen-bond acceptors (Lipinski definition) is 7. The molecule has 0 aliphatic heterocycles. The number of rotatable bonds is 4. The van der Waals surface area contributed by atoms with Crippen molar-refractivity contribution in [1.82, 2.24) is 5.32 Å². The summed E-state index contributed by atoms with van der Waals surface area (Å²) in [5, 5.41) is 35.6. The molecular weight excluding hydrogens is 352 g/mol. The van der Waals surface area contributed by atoms with Crippen molar-refractivity contribution in [3.8, 4) is 5.75 Å². The van der Waals surface area contributed by atoms with Crippen LogP contribution in [0.25, 0.3) is 0 Å². The van der Waals surface area contributed by atoms with Gasteiger partial charge in [0.1, 0.15) is 5.75 Å². The summed E-state index contributed by atoms with van der Waals surface area (Å²) in [5.41, 5.74) is -0.251. The summed E-state index contributed by atoms with van der Waals surface area (Å²) in [6.07, 6.45) is 0. The topological polar surface area (TPSA) is 148 Å². The molecule has 0 atom stereocenters. The number of nitro groups is 2. The minimum absolute atomic E-state index is 0.0691. The van der Waals surface area contributed by atoms with Crippen molar-refractivity contribution in [3.63, 3.8) is 0 Å². The van der Waals surface area contributed by atoms with Crippen LogP contribution >= 0.6 is 12.2 Å². The van der Waals surface area contributed by atoms with Gasteiger partial charge >= 0.3 is 0 Å². The molecule has 3 N–H and O–H groups in total. The smallest absolute Gasteiger partial charge is 0.273 e. The van der Waals surface area contributed by atoms with Gasteiger partial charge in [0.25, 0.3) is 17.3 Å². The zero-order valence-electron chi connectivity index (χ0n) is 12.3. The van der Waals surface area contributed by atoms with Crippen molar-refractivity contribution in [2.24, 2.45) is 0 Å². The Kier molecular flexibility index (Phi) is 5.19. The van der Waals surface area contributed by atoms with Gasteiger partial charge in [-0.05, 0) is 30.4 Å². The number of nitrogens with zero attached hydrogens (tertiary/aromatic N) is 2. The first-order valence-electron chi connectivity index (χ1n) is 6.62. The molecule has 0 saturated carbocycles. The third kappa shape index (κ3) is 4.45. The molecule has 128 valence electrons. The highest BCUT2D eigenvalue weighted by Crippen LogP contribution is 2.27. The summed E-state index contributed by atoms with van der Waals surface area (Å²) < 4.78 is 0. The molecule has 10 nitrogen and oxygen atoms in total. The van der Waals surface area contributed by atoms with Crippen LogP contribution in [0.1, 0.15) is 10.4 Å². The van der Waals surface area contributed by atoms with E-state index in [9.17, 15) is 30.1 Å². The Morgan fingerprint density at radius 1 is 1.00 bits per heavy atom. The van der Waals surface area contributed by atoms with Gasteiger partial charge in [-0.1, -0.05) is 0 Å². The van der Waals surface area contributed by atoms with Crippen LogP contribution in [-0.2, 0) is 0 Å². The quantitative estimate of drug-likeness (QED) is 0.325. The number of phenols is 1. The molecule has 25 heavy (non-hydrogen) atoms. The number of benzene rings is 2. The standard InChI is InChI=1S/C14H10N4O6S/c19-12-7-10(18(23)24)5-6-11(12)15-14(25)16-13(20)8-1-3-9(4-2-8)17(21)22/h1-7,19H,(H2,15,16,20,25). The molecule has 0 aliphatic rings. The van der Waals surface area contributed by atoms with Crippen molar-refractivity contribution in [1.29, 1.82) is 0 Å². The zero-order valence-corrected chi connectivity index (χ0v) is 13.1. The molecule has 0 bridgehead atoms. The molecular formula is C14H10N4O6S. The minimum Gasteiger partial charge on any atom is -0.506 e. The Hall–Kier alpha value is -3.60. The van der Waals surface area contributed by atoms with Gasteiger partial charge in [-0.25, -0.2) is 0 Å². The summed E-state index contributed by atoms with van der Waals surface area (Å²) in [6.45, 7) is 0. The molecule has 0 aliphatic carbocycles. The number of carbonyl (C=O) groups excluding carboxylic acids is 1. The highest BCUT2D eigenvalue weighted by Gasteiger charge is 2.13. The number of amides is 1. The fraction of sp³-hybridized carbons (Fsp3) is 0. The number of phenolic OH excluding ortho intramolecular Hbond substituents is 1. The average Bonchev–Trinajstić information content (AvgIpc) is 2.56. The zero-order chi connectivity index (χ0) is 18.6. The highest BCUT2D eigenvalue weighted by molar-refractivity contribution is 7.80. The first kappa shape index (κ1) is 17.7. The van der Waals surface area contributed by atoms with Gasteiger partial charge in [0.15, 0.2) is 5.11 Å². The van der Waals surface area contributed by atoms with E-state index in [1.54, 1.807) is 0 Å². The normalized spacial score (nSPS) is 9.92. The van der Waals surface area contributed by atoms with E-state index in [4.69, 9.17) is 12.2 Å². The number of nitro benzene ring substituents is 2. The second-order valence-corrected chi connectivity index (χ2v) is 5.08. The van der Waals surface area contributed by atoms with Gasteiger partial charge in [0.05, 0.1) is 21.6 Å². The third-order valence-electron chi connectivity index (χ3n) is 3.01. The van der Waals surface area contributed by atoms with Gasteiger partial charge in [0, 0.05) is 23.8 Å². The molecule has 0 radical (unpaired) electrons. The molecule has 11 heteroatoms. The van der Waals surface area contributed by atoms with E-state index in [0.29, 0.717) is 0 Å². The fourth-order valence-corrected chi connectivity index (χ4v) is 2.01. The summed E-state index contributed by atoms with van der Waals surface area (Å²) in [4.78, 5) is 31.9. The Bertz CT molecular complexity index is 868. The summed E-state index contributed by atoms with van der Waals surface area (Å²) in [7, 11) is 0. The van der Waals surface area contributed by atoms with E-state index in [2.05, 4.69) is 10.6 Å². The highest BCUT2D eigenvalue weighted by atomic mass is 32.1. The van der Waals surface area contributed by atoms with Crippen LogP contribution in [0, 0.1) is 20.2 Å². The predicted octanol–water partition coefficient (Wildman–Crippen LogP) is 2.34. The molecule has 2 aromatic rings. The van der Waals surface area contributed by atoms with Crippen molar-refractivity contribution in [3.05, 3.63) is 68.3 Å². The SMILES string of the molecule is O=C(NC(=S)Nc1ccc([N+](=O)[O-])cc1O)c1ccc([N+](=O)[O-])cc1. The van der Waals surface area contributed by atoms with Crippen molar-refractivity contribution in [2.75, 3.05) is 5.32 Å². The summed E-state index contributed by atoms with van der Waals surface area (Å²) in [6, 6.07) is 8.20. The Labute approximate surface area is 145 Å². The molecule has 2 aromatic carbocycles. The minimum atomic E-state index is -0.668. The second kappa shape index (κ2) is 7.31. The predicted molar refractivity (Wildman–Crippen MR) is 91.5 cm³/mol. The maximum absolute atomic E-state index is 12.0. The van der Waals surface area contributed by atoms with Crippen LogP contribution in [0.5, 0.6) is 5.75 Å². The Morgan fingerprint density at radius 2 is 1.56 bits per heavy atom. The number of aromatic hydroxyl groups is 1. The van der Waals surface area contributed by atoms with Crippen LogP contribution in [0.3, 0.4) is 0 Å². The maximum atomic E-state index is 12.0. The molecule has 0 saturated heterocycles. The first-order valence-corrected chi connectivity index (χ1v) is 7.03. The molecule has 2 rings (SSSR count). The fourth-order valence-electron chi connectivity index (χ4n) is 1.80. The summed E-state index contributed by atoms with van der Waals surface area (Å²) >= 11 is 4.93. The Balaban J connectivity index is 2.03. The number of hydrogen-bond donors (Lipinski definition) is 3. The van der Waals surface area contributed by atoms with Crippen LogP contribution in [0.15, 0.2) is 42.5 Å². The average molecular weight is 362 g/mol. The van der Waals surface area contributed by atoms with E-state index >= 15 is 0 Å². The monoisotopic (exact) mass is 362 g/mol. The van der Waals surface area contributed by atoms with Gasteiger partial charge < -0.3 is 10.4 Å². The maximum Gasteiger partial charge on any atom is 0.273 e. The number of thiocarbonyl (C=S) groups is 1. The lowest BCUT2D eigenvalue weighted by Crippen LogP contribution is -2.34. The lowest BCUT2D eigenvalue weighted by atomic mass is 10.2. The number of non-ortho nitro benzene ring substituents is 2. The molecule has 0 fully saturated rings. The molecule has 0 heterocycles. The molecule has 0 aromatic heterocycles. The lowest BCUT2D eigenvalue weighted by Gasteiger charge is -2.10. The summed E-state index contributed by atoms with van der Waals surface area (Å²) in [5.74, 6) is -1.03. The number of anilines is 1. The molecule has 0 unspecified atom stereocenters. The van der Waals surface area contributed by atoms with Crippen molar-refractivity contribution in [2.45, 2.75) is 0 Å². The van der Waals surface area contributed by atoms with E-state index in [1.807, 2.05) is 0 Å². The molecule has 1 amide bonds. The van der Waals surface area contributed by atoms with Crippen LogP contribution in [0.2, 0.25) is 0 Å². The van der Waals surface area contributed by atoms with Gasteiger partial charge in [-0.3, -0.25) is 30.3 Å². The third-order valence-corrected chi connectivity index (χ3v) is 3.21. The van der Waals surface area contributed by atoms with Gasteiger partial charge in [-0.15, -0.1) is 0 Å².